The summed E-state index contributed by atoms with van der Waals surface area (Å²) < 4.78 is 1.66. The Morgan fingerprint density at radius 2 is 1.92 bits per heavy atom. The third-order valence-electron chi connectivity index (χ3n) is 6.90. The zero-order valence-electron chi connectivity index (χ0n) is 14.7. The van der Waals surface area contributed by atoms with Gasteiger partial charge in [-0.2, -0.15) is 5.10 Å². The molecular formula is C19H28ClN3O. The van der Waals surface area contributed by atoms with Gasteiger partial charge >= 0.3 is 0 Å². The topological polar surface area (TPSA) is 46.9 Å². The number of nitrogens with one attached hydrogen (secondary N) is 1. The van der Waals surface area contributed by atoms with Crippen molar-refractivity contribution in [2.75, 3.05) is 0 Å². The fourth-order valence-corrected chi connectivity index (χ4v) is 6.38. The second kappa shape index (κ2) is 6.05. The highest BCUT2D eigenvalue weighted by Crippen LogP contribution is 2.61. The van der Waals surface area contributed by atoms with E-state index in [1.165, 1.54) is 38.5 Å². The Morgan fingerprint density at radius 1 is 1.33 bits per heavy atom. The van der Waals surface area contributed by atoms with E-state index in [0.29, 0.717) is 16.5 Å². The van der Waals surface area contributed by atoms with Crippen LogP contribution in [0.25, 0.3) is 0 Å². The van der Waals surface area contributed by atoms with E-state index < -0.39 is 0 Å². The molecule has 1 aromatic heterocycles. The first kappa shape index (κ1) is 16.4. The van der Waals surface area contributed by atoms with E-state index in [2.05, 4.69) is 17.3 Å². The lowest BCUT2D eigenvalue weighted by molar-refractivity contribution is -0.129. The Labute approximate surface area is 149 Å². The highest BCUT2D eigenvalue weighted by molar-refractivity contribution is 6.30. The standard InChI is InChI=1S/C19H28ClN3O/c1-3-17(22-18(24)12(2)23-11-16(20)10-21-23)19-7-13-4-14(8-19)6-15(5-13)9-19/h10-15,17H,3-9H2,1-2H3,(H,22,24). The number of halogens is 1. The van der Waals surface area contributed by atoms with E-state index in [-0.39, 0.29) is 11.9 Å². The molecule has 4 aliphatic rings. The van der Waals surface area contributed by atoms with Gasteiger partial charge in [-0.05, 0) is 75.0 Å². The van der Waals surface area contributed by atoms with Crippen molar-refractivity contribution in [3.8, 4) is 0 Å². The van der Waals surface area contributed by atoms with Crippen LogP contribution in [0.3, 0.4) is 0 Å². The van der Waals surface area contributed by atoms with Gasteiger partial charge in [-0.3, -0.25) is 9.48 Å². The molecule has 2 unspecified atom stereocenters. The van der Waals surface area contributed by atoms with Crippen LogP contribution in [0.5, 0.6) is 0 Å². The van der Waals surface area contributed by atoms with Gasteiger partial charge in [0, 0.05) is 12.2 Å². The first-order chi connectivity index (χ1) is 11.5. The molecule has 4 nitrogen and oxygen atoms in total. The van der Waals surface area contributed by atoms with Crippen LogP contribution >= 0.6 is 11.6 Å². The average molecular weight is 350 g/mol. The fraction of sp³-hybridized carbons (Fsp3) is 0.789. The number of hydrogen-bond donors (Lipinski definition) is 1. The molecule has 4 aliphatic carbocycles. The number of aromatic nitrogens is 2. The van der Waals surface area contributed by atoms with Crippen LogP contribution in [0.15, 0.2) is 12.4 Å². The van der Waals surface area contributed by atoms with Gasteiger partial charge < -0.3 is 5.32 Å². The molecule has 132 valence electrons. The Balaban J connectivity index is 1.49. The molecule has 0 aliphatic heterocycles. The van der Waals surface area contributed by atoms with E-state index in [1.807, 2.05) is 6.92 Å². The third-order valence-corrected chi connectivity index (χ3v) is 7.09. The van der Waals surface area contributed by atoms with Crippen LogP contribution in [-0.4, -0.2) is 21.7 Å². The second-order valence-electron chi connectivity index (χ2n) is 8.56. The van der Waals surface area contributed by atoms with Crippen molar-refractivity contribution in [3.05, 3.63) is 17.4 Å². The average Bonchev–Trinajstić information content (AvgIpc) is 2.96. The minimum Gasteiger partial charge on any atom is -0.351 e. The smallest absolute Gasteiger partial charge is 0.244 e. The van der Waals surface area contributed by atoms with Crippen molar-refractivity contribution in [3.63, 3.8) is 0 Å². The summed E-state index contributed by atoms with van der Waals surface area (Å²) >= 11 is 5.94. The number of carbonyl (C=O) groups is 1. The first-order valence-corrected chi connectivity index (χ1v) is 9.87. The molecule has 5 rings (SSSR count). The Morgan fingerprint density at radius 3 is 2.38 bits per heavy atom. The molecule has 24 heavy (non-hydrogen) atoms. The Kier molecular flexibility index (Phi) is 4.14. The van der Waals surface area contributed by atoms with Crippen LogP contribution in [0.2, 0.25) is 5.02 Å². The summed E-state index contributed by atoms with van der Waals surface area (Å²) in [6, 6.07) is -0.0210. The van der Waals surface area contributed by atoms with Gasteiger partial charge in [-0.25, -0.2) is 0 Å². The summed E-state index contributed by atoms with van der Waals surface area (Å²) in [4.78, 5) is 12.8. The predicted octanol–water partition coefficient (Wildman–Crippen LogP) is 4.21. The van der Waals surface area contributed by atoms with Crippen molar-refractivity contribution in [1.82, 2.24) is 15.1 Å². The minimum atomic E-state index is -0.319. The fourth-order valence-electron chi connectivity index (χ4n) is 6.23. The van der Waals surface area contributed by atoms with Crippen LogP contribution in [0.1, 0.15) is 64.8 Å². The molecule has 0 saturated heterocycles. The molecule has 0 spiro atoms. The molecule has 4 bridgehead atoms. The molecule has 1 amide bonds. The van der Waals surface area contributed by atoms with Crippen molar-refractivity contribution in [2.24, 2.45) is 23.2 Å². The van der Waals surface area contributed by atoms with Crippen molar-refractivity contribution in [1.29, 1.82) is 0 Å². The number of amides is 1. The molecular weight excluding hydrogens is 322 g/mol. The SMILES string of the molecule is CCC(NC(=O)C(C)n1cc(Cl)cn1)C12CC3CC(CC(C3)C1)C2. The maximum atomic E-state index is 12.8. The summed E-state index contributed by atoms with van der Waals surface area (Å²) in [5, 5.41) is 8.15. The molecule has 1 N–H and O–H groups in total. The van der Waals surface area contributed by atoms with Crippen LogP contribution in [0, 0.1) is 23.2 Å². The van der Waals surface area contributed by atoms with E-state index in [0.717, 1.165) is 24.2 Å². The third kappa shape index (κ3) is 2.77. The number of hydrogen-bond acceptors (Lipinski definition) is 2. The molecule has 4 saturated carbocycles. The zero-order valence-corrected chi connectivity index (χ0v) is 15.4. The monoisotopic (exact) mass is 349 g/mol. The summed E-state index contributed by atoms with van der Waals surface area (Å²) in [7, 11) is 0. The number of rotatable bonds is 5. The summed E-state index contributed by atoms with van der Waals surface area (Å²) in [6.45, 7) is 4.12. The summed E-state index contributed by atoms with van der Waals surface area (Å²) in [6.07, 6.45) is 12.6. The largest absolute Gasteiger partial charge is 0.351 e. The summed E-state index contributed by atoms with van der Waals surface area (Å²) in [5.74, 6) is 2.79. The number of nitrogens with zero attached hydrogens (tertiary/aromatic N) is 2. The highest BCUT2D eigenvalue weighted by atomic mass is 35.5. The van der Waals surface area contributed by atoms with Crippen molar-refractivity contribution >= 4 is 17.5 Å². The van der Waals surface area contributed by atoms with Crippen LogP contribution in [0.4, 0.5) is 0 Å². The highest BCUT2D eigenvalue weighted by Gasteiger charge is 2.54. The lowest BCUT2D eigenvalue weighted by Gasteiger charge is -2.59. The molecule has 1 aromatic rings. The van der Waals surface area contributed by atoms with Crippen LogP contribution in [-0.2, 0) is 4.79 Å². The van der Waals surface area contributed by atoms with Crippen LogP contribution < -0.4 is 5.32 Å². The van der Waals surface area contributed by atoms with E-state index in [1.54, 1.807) is 17.1 Å². The molecule has 0 radical (unpaired) electrons. The van der Waals surface area contributed by atoms with E-state index >= 15 is 0 Å². The zero-order chi connectivity index (χ0) is 16.9. The van der Waals surface area contributed by atoms with Gasteiger partial charge in [0.2, 0.25) is 5.91 Å². The van der Waals surface area contributed by atoms with Crippen molar-refractivity contribution in [2.45, 2.75) is 70.9 Å². The first-order valence-electron chi connectivity index (χ1n) is 9.49. The lowest BCUT2D eigenvalue weighted by Crippen LogP contribution is -2.57. The van der Waals surface area contributed by atoms with E-state index in [4.69, 9.17) is 11.6 Å². The van der Waals surface area contributed by atoms with Gasteiger partial charge in [0.05, 0.1) is 11.2 Å². The molecule has 4 fully saturated rings. The predicted molar refractivity (Wildman–Crippen MR) is 94.8 cm³/mol. The van der Waals surface area contributed by atoms with Gasteiger partial charge in [0.15, 0.2) is 0 Å². The van der Waals surface area contributed by atoms with Gasteiger partial charge in [0.25, 0.3) is 0 Å². The van der Waals surface area contributed by atoms with Gasteiger partial charge in [0.1, 0.15) is 6.04 Å². The van der Waals surface area contributed by atoms with Gasteiger partial charge in [-0.1, -0.05) is 18.5 Å². The minimum absolute atomic E-state index is 0.0670. The Hall–Kier alpha value is -1.03. The number of carbonyl (C=O) groups excluding carboxylic acids is 1. The summed E-state index contributed by atoms with van der Waals surface area (Å²) in [5.41, 5.74) is 0.348. The molecule has 5 heteroatoms. The van der Waals surface area contributed by atoms with Gasteiger partial charge in [-0.15, -0.1) is 0 Å². The maximum Gasteiger partial charge on any atom is 0.244 e. The quantitative estimate of drug-likeness (QED) is 0.865. The maximum absolute atomic E-state index is 12.8. The molecule has 0 aromatic carbocycles. The van der Waals surface area contributed by atoms with Crippen molar-refractivity contribution < 1.29 is 4.79 Å². The Bertz CT molecular complexity index is 591. The molecule has 1 heterocycles. The normalized spacial score (nSPS) is 36.5. The lowest BCUT2D eigenvalue weighted by atomic mass is 9.47. The second-order valence-corrected chi connectivity index (χ2v) is 9.00. The van der Waals surface area contributed by atoms with E-state index in [9.17, 15) is 4.79 Å². The molecule has 2 atom stereocenters.